The number of unbranched alkanes of at least 4 members (excludes halogenated alkanes) is 1. The average molecular weight is 393 g/mol. The summed E-state index contributed by atoms with van der Waals surface area (Å²) in [6.45, 7) is 8.23. The highest BCUT2D eigenvalue weighted by atomic mass is 16.7. The van der Waals surface area contributed by atoms with Gasteiger partial charge in [0.15, 0.2) is 6.29 Å². The molecule has 28 heavy (non-hydrogen) atoms. The molecule has 2 rings (SSSR count). The maximum Gasteiger partial charge on any atom is 0.312 e. The van der Waals surface area contributed by atoms with Crippen LogP contribution in [0.25, 0.3) is 0 Å². The molecule has 1 aromatic carbocycles. The standard InChI is InChI=1S/C23H36O5/c1-4-6-14-23(3,22(24)25-5-2)18-19-10-12-20(13-11-19)26-16-17-28-21-9-7-8-15-27-21/h10-13,21H,4-9,14-18H2,1-3H3. The minimum absolute atomic E-state index is 0.0802. The van der Waals surface area contributed by atoms with Crippen LogP contribution in [0.15, 0.2) is 24.3 Å². The van der Waals surface area contributed by atoms with E-state index in [0.717, 1.165) is 56.4 Å². The summed E-state index contributed by atoms with van der Waals surface area (Å²) in [7, 11) is 0. The summed E-state index contributed by atoms with van der Waals surface area (Å²) in [6.07, 6.45) is 6.76. The number of hydrogen-bond acceptors (Lipinski definition) is 5. The topological polar surface area (TPSA) is 54.0 Å². The molecular formula is C23H36O5. The van der Waals surface area contributed by atoms with Crippen LogP contribution in [-0.2, 0) is 25.4 Å². The van der Waals surface area contributed by atoms with E-state index in [-0.39, 0.29) is 12.3 Å². The van der Waals surface area contributed by atoms with E-state index in [4.69, 9.17) is 18.9 Å². The Balaban J connectivity index is 1.81. The molecule has 2 unspecified atom stereocenters. The van der Waals surface area contributed by atoms with Crippen molar-refractivity contribution in [3.8, 4) is 5.75 Å². The van der Waals surface area contributed by atoms with Crippen molar-refractivity contribution in [2.24, 2.45) is 5.41 Å². The number of benzene rings is 1. The van der Waals surface area contributed by atoms with Gasteiger partial charge in [0.05, 0.1) is 18.6 Å². The molecule has 1 aliphatic heterocycles. The van der Waals surface area contributed by atoms with Gasteiger partial charge in [0.2, 0.25) is 0 Å². The zero-order valence-corrected chi connectivity index (χ0v) is 17.7. The molecule has 0 bridgehead atoms. The van der Waals surface area contributed by atoms with Gasteiger partial charge >= 0.3 is 5.97 Å². The fraction of sp³-hybridized carbons (Fsp3) is 0.696. The van der Waals surface area contributed by atoms with Gasteiger partial charge in [-0.2, -0.15) is 0 Å². The van der Waals surface area contributed by atoms with Crippen molar-refractivity contribution in [2.75, 3.05) is 26.4 Å². The number of carbonyl (C=O) groups is 1. The molecule has 1 heterocycles. The van der Waals surface area contributed by atoms with E-state index in [1.807, 2.05) is 38.1 Å². The third kappa shape index (κ3) is 7.44. The van der Waals surface area contributed by atoms with Crippen LogP contribution in [-0.4, -0.2) is 38.7 Å². The molecule has 1 aliphatic rings. The second kappa shape index (κ2) is 12.1. The van der Waals surface area contributed by atoms with Crippen LogP contribution in [0.5, 0.6) is 5.75 Å². The van der Waals surface area contributed by atoms with Gasteiger partial charge in [0.25, 0.3) is 0 Å². The van der Waals surface area contributed by atoms with E-state index in [1.54, 1.807) is 0 Å². The summed E-state index contributed by atoms with van der Waals surface area (Å²) in [6, 6.07) is 7.98. The van der Waals surface area contributed by atoms with Crippen LogP contribution in [0.3, 0.4) is 0 Å². The van der Waals surface area contributed by atoms with Crippen LogP contribution in [0, 0.1) is 5.41 Å². The Bertz CT molecular complexity index is 565. The largest absolute Gasteiger partial charge is 0.491 e. The fourth-order valence-corrected chi connectivity index (χ4v) is 3.47. The summed E-state index contributed by atoms with van der Waals surface area (Å²) < 4.78 is 22.3. The lowest BCUT2D eigenvalue weighted by Gasteiger charge is -2.27. The van der Waals surface area contributed by atoms with Crippen LogP contribution >= 0.6 is 0 Å². The molecule has 0 saturated carbocycles. The molecule has 2 atom stereocenters. The average Bonchev–Trinajstić information content (AvgIpc) is 2.72. The normalized spacial score (nSPS) is 19.0. The first kappa shape index (κ1) is 22.7. The predicted molar refractivity (Wildman–Crippen MR) is 109 cm³/mol. The molecule has 1 fully saturated rings. The predicted octanol–water partition coefficient (Wildman–Crippen LogP) is 4.91. The second-order valence-corrected chi connectivity index (χ2v) is 7.72. The molecule has 0 aromatic heterocycles. The van der Waals surface area contributed by atoms with Crippen molar-refractivity contribution in [1.29, 1.82) is 0 Å². The van der Waals surface area contributed by atoms with Gasteiger partial charge in [-0.3, -0.25) is 4.79 Å². The van der Waals surface area contributed by atoms with E-state index in [9.17, 15) is 4.79 Å². The lowest BCUT2D eigenvalue weighted by atomic mass is 9.79. The Kier molecular flexibility index (Phi) is 9.79. The van der Waals surface area contributed by atoms with E-state index >= 15 is 0 Å². The van der Waals surface area contributed by atoms with Gasteiger partial charge < -0.3 is 18.9 Å². The highest BCUT2D eigenvalue weighted by Crippen LogP contribution is 2.31. The van der Waals surface area contributed by atoms with Gasteiger partial charge in [-0.25, -0.2) is 0 Å². The first-order chi connectivity index (χ1) is 13.6. The van der Waals surface area contributed by atoms with Gasteiger partial charge in [-0.05, 0) is 63.6 Å². The molecule has 0 aliphatic carbocycles. The number of hydrogen-bond donors (Lipinski definition) is 0. The van der Waals surface area contributed by atoms with E-state index < -0.39 is 5.41 Å². The zero-order chi connectivity index (χ0) is 20.2. The summed E-state index contributed by atoms with van der Waals surface area (Å²) in [5, 5.41) is 0. The second-order valence-electron chi connectivity index (χ2n) is 7.72. The van der Waals surface area contributed by atoms with E-state index in [2.05, 4.69) is 6.92 Å². The van der Waals surface area contributed by atoms with E-state index in [1.165, 1.54) is 0 Å². The minimum atomic E-state index is -0.484. The third-order valence-electron chi connectivity index (χ3n) is 5.16. The molecule has 0 radical (unpaired) electrons. The highest BCUT2D eigenvalue weighted by Gasteiger charge is 2.34. The minimum Gasteiger partial charge on any atom is -0.491 e. The number of carbonyl (C=O) groups excluding carboxylic acids is 1. The molecule has 0 N–H and O–H groups in total. The molecule has 0 spiro atoms. The lowest BCUT2D eigenvalue weighted by Crippen LogP contribution is -2.32. The molecule has 5 heteroatoms. The number of esters is 1. The summed E-state index contributed by atoms with van der Waals surface area (Å²) >= 11 is 0. The quantitative estimate of drug-likeness (QED) is 0.374. The first-order valence-corrected chi connectivity index (χ1v) is 10.7. The Labute approximate surface area is 169 Å². The van der Waals surface area contributed by atoms with Gasteiger partial charge in [-0.1, -0.05) is 31.9 Å². The van der Waals surface area contributed by atoms with Crippen molar-refractivity contribution >= 4 is 5.97 Å². The van der Waals surface area contributed by atoms with Crippen LogP contribution in [0.2, 0.25) is 0 Å². The fourth-order valence-electron chi connectivity index (χ4n) is 3.47. The van der Waals surface area contributed by atoms with Gasteiger partial charge in [-0.15, -0.1) is 0 Å². The summed E-state index contributed by atoms with van der Waals surface area (Å²) in [5.41, 5.74) is 0.633. The summed E-state index contributed by atoms with van der Waals surface area (Å²) in [5.74, 6) is 0.703. The van der Waals surface area contributed by atoms with E-state index in [0.29, 0.717) is 26.2 Å². The molecule has 158 valence electrons. The lowest BCUT2D eigenvalue weighted by molar-refractivity contribution is -0.165. The van der Waals surface area contributed by atoms with Crippen molar-refractivity contribution in [3.05, 3.63) is 29.8 Å². The third-order valence-corrected chi connectivity index (χ3v) is 5.16. The monoisotopic (exact) mass is 392 g/mol. The first-order valence-electron chi connectivity index (χ1n) is 10.7. The smallest absolute Gasteiger partial charge is 0.312 e. The van der Waals surface area contributed by atoms with Crippen molar-refractivity contribution in [2.45, 2.75) is 72.0 Å². The van der Waals surface area contributed by atoms with Crippen LogP contribution < -0.4 is 4.74 Å². The Morgan fingerprint density at radius 3 is 2.61 bits per heavy atom. The van der Waals surface area contributed by atoms with Gasteiger partial charge in [0.1, 0.15) is 12.4 Å². The Morgan fingerprint density at radius 1 is 1.18 bits per heavy atom. The highest BCUT2D eigenvalue weighted by molar-refractivity contribution is 5.76. The number of ether oxygens (including phenoxy) is 4. The SMILES string of the molecule is CCCCC(C)(Cc1ccc(OCCOC2CCCCO2)cc1)C(=O)OCC. The van der Waals surface area contributed by atoms with Crippen molar-refractivity contribution in [3.63, 3.8) is 0 Å². The van der Waals surface area contributed by atoms with Gasteiger partial charge in [0, 0.05) is 6.61 Å². The molecule has 5 nitrogen and oxygen atoms in total. The Morgan fingerprint density at radius 2 is 1.96 bits per heavy atom. The molecule has 1 aromatic rings. The molecular weight excluding hydrogens is 356 g/mol. The summed E-state index contributed by atoms with van der Waals surface area (Å²) in [4.78, 5) is 12.5. The maximum absolute atomic E-state index is 12.5. The van der Waals surface area contributed by atoms with Crippen LogP contribution in [0.4, 0.5) is 0 Å². The molecule has 1 saturated heterocycles. The van der Waals surface area contributed by atoms with Crippen LogP contribution in [0.1, 0.15) is 64.9 Å². The molecule has 0 amide bonds. The number of rotatable bonds is 12. The van der Waals surface area contributed by atoms with Crippen molar-refractivity contribution < 1.29 is 23.7 Å². The maximum atomic E-state index is 12.5. The Hall–Kier alpha value is -1.59. The zero-order valence-electron chi connectivity index (χ0n) is 17.7. The van der Waals surface area contributed by atoms with Crippen molar-refractivity contribution in [1.82, 2.24) is 0 Å².